The molecule has 1 aliphatic carbocycles. The number of carbonyl (C=O) groups is 1. The van der Waals surface area contributed by atoms with Crippen molar-refractivity contribution < 1.29 is 9.18 Å². The fourth-order valence-electron chi connectivity index (χ4n) is 2.55. The van der Waals surface area contributed by atoms with Gasteiger partial charge in [-0.15, -0.1) is 0 Å². The van der Waals surface area contributed by atoms with Crippen LogP contribution in [0, 0.1) is 22.6 Å². The molecule has 0 radical (unpaired) electrons. The molecule has 2 rings (SSSR count). The molecule has 1 N–H and O–H groups in total. The van der Waals surface area contributed by atoms with Gasteiger partial charge in [0.1, 0.15) is 11.2 Å². The lowest BCUT2D eigenvalue weighted by Crippen LogP contribution is -2.41. The zero-order valence-corrected chi connectivity index (χ0v) is 11.8. The van der Waals surface area contributed by atoms with Crippen LogP contribution in [-0.2, 0) is 11.3 Å². The lowest BCUT2D eigenvalue weighted by molar-refractivity contribution is -0.129. The van der Waals surface area contributed by atoms with Crippen LogP contribution >= 0.6 is 11.6 Å². The second-order valence-electron chi connectivity index (χ2n) is 5.19. The van der Waals surface area contributed by atoms with Gasteiger partial charge in [0.15, 0.2) is 0 Å². The molecular weight excluding hydrogens is 279 g/mol. The van der Waals surface area contributed by atoms with Crippen LogP contribution < -0.4 is 5.32 Å². The Morgan fingerprint density at radius 1 is 1.40 bits per heavy atom. The Hall–Kier alpha value is -1.60. The highest BCUT2D eigenvalue weighted by Crippen LogP contribution is 2.35. The standard InChI is InChI=1S/C15H16ClFN2O/c16-12-8-11(4-5-13(12)17)9-19-14(20)15(10-18)6-2-1-3-7-15/h4-5,8H,1-3,6-7,9H2,(H,19,20). The molecule has 1 aromatic carbocycles. The van der Waals surface area contributed by atoms with Crippen LogP contribution in [0.15, 0.2) is 18.2 Å². The number of carbonyl (C=O) groups excluding carboxylic acids is 1. The van der Waals surface area contributed by atoms with Crippen molar-refractivity contribution in [2.45, 2.75) is 38.6 Å². The van der Waals surface area contributed by atoms with E-state index in [0.717, 1.165) is 19.3 Å². The van der Waals surface area contributed by atoms with Crippen LogP contribution in [0.1, 0.15) is 37.7 Å². The highest BCUT2D eigenvalue weighted by Gasteiger charge is 2.39. The molecule has 0 bridgehead atoms. The number of halogens is 2. The summed E-state index contributed by atoms with van der Waals surface area (Å²) >= 11 is 5.69. The summed E-state index contributed by atoms with van der Waals surface area (Å²) in [6, 6.07) is 6.50. The van der Waals surface area contributed by atoms with Crippen molar-refractivity contribution in [3.63, 3.8) is 0 Å². The normalized spacial score (nSPS) is 17.2. The molecule has 1 fully saturated rings. The first-order valence-corrected chi connectivity index (χ1v) is 7.09. The van der Waals surface area contributed by atoms with E-state index in [0.29, 0.717) is 18.4 Å². The van der Waals surface area contributed by atoms with Gasteiger partial charge < -0.3 is 5.32 Å². The fraction of sp³-hybridized carbons (Fsp3) is 0.467. The summed E-state index contributed by atoms with van der Waals surface area (Å²) in [5.74, 6) is -0.720. The van der Waals surface area contributed by atoms with Crippen LogP contribution in [0.5, 0.6) is 0 Å². The molecule has 0 unspecified atom stereocenters. The predicted molar refractivity (Wildman–Crippen MR) is 74.4 cm³/mol. The maximum absolute atomic E-state index is 13.0. The van der Waals surface area contributed by atoms with Gasteiger partial charge in [-0.25, -0.2) is 4.39 Å². The Kier molecular flexibility index (Phi) is 4.61. The molecule has 5 heteroatoms. The average molecular weight is 295 g/mol. The number of nitrogens with zero attached hydrogens (tertiary/aromatic N) is 1. The molecule has 0 saturated heterocycles. The SMILES string of the molecule is N#CC1(C(=O)NCc2ccc(F)c(Cl)c2)CCCCC1. The van der Waals surface area contributed by atoms with E-state index in [2.05, 4.69) is 11.4 Å². The highest BCUT2D eigenvalue weighted by atomic mass is 35.5. The minimum absolute atomic E-state index is 0.0319. The lowest BCUT2D eigenvalue weighted by Gasteiger charge is -2.29. The van der Waals surface area contributed by atoms with E-state index in [-0.39, 0.29) is 17.5 Å². The molecule has 1 amide bonds. The number of hydrogen-bond acceptors (Lipinski definition) is 2. The second-order valence-corrected chi connectivity index (χ2v) is 5.59. The number of rotatable bonds is 3. The van der Waals surface area contributed by atoms with Gasteiger partial charge in [0.2, 0.25) is 5.91 Å². The maximum Gasteiger partial charge on any atom is 0.240 e. The van der Waals surface area contributed by atoms with Crippen LogP contribution in [-0.4, -0.2) is 5.91 Å². The van der Waals surface area contributed by atoms with Crippen molar-refractivity contribution in [3.05, 3.63) is 34.6 Å². The van der Waals surface area contributed by atoms with Crippen molar-refractivity contribution in [2.24, 2.45) is 5.41 Å². The number of amides is 1. The highest BCUT2D eigenvalue weighted by molar-refractivity contribution is 6.30. The van der Waals surface area contributed by atoms with Crippen molar-refractivity contribution in [2.75, 3.05) is 0 Å². The summed E-state index contributed by atoms with van der Waals surface area (Å²) in [7, 11) is 0. The summed E-state index contributed by atoms with van der Waals surface area (Å²) in [5.41, 5.74) is -0.184. The Morgan fingerprint density at radius 2 is 2.10 bits per heavy atom. The molecule has 0 aromatic heterocycles. The van der Waals surface area contributed by atoms with Gasteiger partial charge in [-0.3, -0.25) is 4.79 Å². The molecule has 0 aliphatic heterocycles. The van der Waals surface area contributed by atoms with Gasteiger partial charge in [0, 0.05) is 6.54 Å². The average Bonchev–Trinajstić information content (AvgIpc) is 2.48. The molecule has 0 spiro atoms. The molecule has 20 heavy (non-hydrogen) atoms. The maximum atomic E-state index is 13.0. The minimum atomic E-state index is -0.901. The van der Waals surface area contributed by atoms with Crippen LogP contribution in [0.4, 0.5) is 4.39 Å². The largest absolute Gasteiger partial charge is 0.351 e. The van der Waals surface area contributed by atoms with E-state index in [1.165, 1.54) is 12.1 Å². The Balaban J connectivity index is 2.00. The molecule has 0 heterocycles. The quantitative estimate of drug-likeness (QED) is 0.926. The first kappa shape index (κ1) is 14.8. The molecule has 1 saturated carbocycles. The molecule has 106 valence electrons. The van der Waals surface area contributed by atoms with E-state index < -0.39 is 11.2 Å². The summed E-state index contributed by atoms with van der Waals surface area (Å²) in [5, 5.41) is 12.1. The van der Waals surface area contributed by atoms with E-state index in [1.807, 2.05) is 0 Å². The number of benzene rings is 1. The van der Waals surface area contributed by atoms with E-state index in [1.54, 1.807) is 6.07 Å². The van der Waals surface area contributed by atoms with Crippen molar-refractivity contribution in [1.82, 2.24) is 5.32 Å². The Morgan fingerprint density at radius 3 is 2.70 bits per heavy atom. The first-order valence-electron chi connectivity index (χ1n) is 6.71. The monoisotopic (exact) mass is 294 g/mol. The van der Waals surface area contributed by atoms with Gasteiger partial charge in [0.25, 0.3) is 0 Å². The lowest BCUT2D eigenvalue weighted by atomic mass is 9.74. The minimum Gasteiger partial charge on any atom is -0.351 e. The molecular formula is C15H16ClFN2O. The second kappa shape index (κ2) is 6.23. The summed E-state index contributed by atoms with van der Waals surface area (Å²) in [6.07, 6.45) is 4.11. The van der Waals surface area contributed by atoms with Crippen molar-refractivity contribution >= 4 is 17.5 Å². The third-order valence-electron chi connectivity index (χ3n) is 3.79. The number of nitrogens with one attached hydrogen (secondary N) is 1. The van der Waals surface area contributed by atoms with Gasteiger partial charge in [-0.2, -0.15) is 5.26 Å². The zero-order valence-electron chi connectivity index (χ0n) is 11.1. The first-order chi connectivity index (χ1) is 9.57. The molecule has 1 aliphatic rings. The topological polar surface area (TPSA) is 52.9 Å². The van der Waals surface area contributed by atoms with Crippen LogP contribution in [0.25, 0.3) is 0 Å². The third-order valence-corrected chi connectivity index (χ3v) is 4.08. The predicted octanol–water partition coefficient (Wildman–Crippen LogP) is 3.57. The Bertz CT molecular complexity index is 547. The number of hydrogen-bond donors (Lipinski definition) is 1. The van der Waals surface area contributed by atoms with Crippen LogP contribution in [0.2, 0.25) is 5.02 Å². The summed E-state index contributed by atoms with van der Waals surface area (Å²) < 4.78 is 13.0. The van der Waals surface area contributed by atoms with Gasteiger partial charge in [-0.1, -0.05) is 36.9 Å². The number of nitriles is 1. The third kappa shape index (κ3) is 3.10. The zero-order chi connectivity index (χ0) is 14.6. The summed E-state index contributed by atoms with van der Waals surface area (Å²) in [6.45, 7) is 0.252. The smallest absolute Gasteiger partial charge is 0.240 e. The molecule has 1 aromatic rings. The van der Waals surface area contributed by atoms with E-state index >= 15 is 0 Å². The summed E-state index contributed by atoms with van der Waals surface area (Å²) in [4.78, 5) is 12.2. The van der Waals surface area contributed by atoms with Crippen molar-refractivity contribution in [3.8, 4) is 6.07 Å². The van der Waals surface area contributed by atoms with E-state index in [9.17, 15) is 14.4 Å². The molecule has 3 nitrogen and oxygen atoms in total. The van der Waals surface area contributed by atoms with Gasteiger partial charge >= 0.3 is 0 Å². The van der Waals surface area contributed by atoms with E-state index in [4.69, 9.17) is 11.6 Å². The molecule has 0 atom stereocenters. The van der Waals surface area contributed by atoms with Gasteiger partial charge in [-0.05, 0) is 30.5 Å². The van der Waals surface area contributed by atoms with Gasteiger partial charge in [0.05, 0.1) is 11.1 Å². The van der Waals surface area contributed by atoms with Crippen molar-refractivity contribution in [1.29, 1.82) is 5.26 Å². The fourth-order valence-corrected chi connectivity index (χ4v) is 2.75. The van der Waals surface area contributed by atoms with Crippen LogP contribution in [0.3, 0.4) is 0 Å². The Labute approximate surface area is 122 Å².